The van der Waals surface area contributed by atoms with Gasteiger partial charge in [0.25, 0.3) is 0 Å². The van der Waals surface area contributed by atoms with Gasteiger partial charge in [-0.2, -0.15) is 0 Å². The van der Waals surface area contributed by atoms with Gasteiger partial charge in [-0.3, -0.25) is 0 Å². The minimum Gasteiger partial charge on any atom is -0.396 e. The monoisotopic (exact) mass is 725 g/mol. The van der Waals surface area contributed by atoms with Gasteiger partial charge >= 0.3 is 176 Å². The van der Waals surface area contributed by atoms with Crippen molar-refractivity contribution >= 4 is 7.28 Å². The van der Waals surface area contributed by atoms with E-state index >= 15 is 0 Å². The van der Waals surface area contributed by atoms with Crippen molar-refractivity contribution in [3.63, 3.8) is 0 Å². The maximum atomic E-state index is 10.5. The second-order valence-corrected chi connectivity index (χ2v) is 19.1. The molecule has 0 amide bonds. The van der Waals surface area contributed by atoms with Gasteiger partial charge in [0.05, 0.1) is 31.8 Å². The van der Waals surface area contributed by atoms with E-state index in [1.807, 2.05) is 0 Å². The Morgan fingerprint density at radius 3 is 0.592 bits per heavy atom. The van der Waals surface area contributed by atoms with Gasteiger partial charge in [-0.15, -0.1) is 0 Å². The molecule has 300 valence electrons. The van der Waals surface area contributed by atoms with Crippen molar-refractivity contribution < 1.29 is 35.1 Å². The zero-order valence-corrected chi connectivity index (χ0v) is 33.8. The van der Waals surface area contributed by atoms with Crippen molar-refractivity contribution in [2.45, 2.75) is 219 Å². The second-order valence-electron chi connectivity index (χ2n) is 15.5. The van der Waals surface area contributed by atoms with Crippen LogP contribution in [0.15, 0.2) is 0 Å². The average molecular weight is 725 g/mol. The quantitative estimate of drug-likeness (QED) is 0.0248. The standard InChI is InChI=1S/C36H77O3P.C5H12O4/c1-3-5-7-9-11-13-15-17-19-21-23-25-27-29-31-33-35-40(37,38,39)36-34-32-30-28-26-24-22-20-18-16-14-12-10-8-6-4-2;6-1-5(2-7,3-8)4-9/h37-39H,3-36H2,1-2H3;6-9H,1-4H2. The number of unbranched alkanes of at least 4 members (excludes halogenated alkanes) is 30. The Hall–Kier alpha value is 0.150. The van der Waals surface area contributed by atoms with Crippen molar-refractivity contribution in [2.75, 3.05) is 38.8 Å². The predicted octanol–water partition coefficient (Wildman–Crippen LogP) is 10.7. The summed E-state index contributed by atoms with van der Waals surface area (Å²) in [7, 11) is -4.39. The molecule has 0 aliphatic carbocycles. The van der Waals surface area contributed by atoms with Crippen LogP contribution in [0.4, 0.5) is 0 Å². The van der Waals surface area contributed by atoms with Crippen LogP contribution in [-0.4, -0.2) is 73.9 Å². The van der Waals surface area contributed by atoms with Crippen molar-refractivity contribution in [2.24, 2.45) is 5.41 Å². The van der Waals surface area contributed by atoms with E-state index in [9.17, 15) is 14.7 Å². The van der Waals surface area contributed by atoms with Crippen LogP contribution in [0.1, 0.15) is 219 Å². The molecule has 0 fully saturated rings. The summed E-state index contributed by atoms with van der Waals surface area (Å²) >= 11 is 0. The third kappa shape index (κ3) is 37.7. The summed E-state index contributed by atoms with van der Waals surface area (Å²) in [6.07, 6.45) is 42.1. The first kappa shape index (κ1) is 51.3. The summed E-state index contributed by atoms with van der Waals surface area (Å²) in [5, 5.41) is 34.0. The molecule has 0 rings (SSSR count). The van der Waals surface area contributed by atoms with Crippen LogP contribution in [0.3, 0.4) is 0 Å². The fraction of sp³-hybridized carbons (Fsp3) is 1.00. The van der Waals surface area contributed by atoms with Gasteiger partial charge in [-0.25, -0.2) is 0 Å². The zero-order chi connectivity index (χ0) is 36.8. The molecule has 0 aromatic carbocycles. The molecule has 7 N–H and O–H groups in total. The normalized spacial score (nSPS) is 12.9. The Balaban J connectivity index is 0. The number of rotatable bonds is 38. The van der Waals surface area contributed by atoms with Crippen LogP contribution in [0.25, 0.3) is 0 Å². The molecule has 0 heterocycles. The smallest absolute Gasteiger partial charge is 0.396 e. The van der Waals surface area contributed by atoms with E-state index in [0.717, 1.165) is 38.5 Å². The molecule has 0 atom stereocenters. The molecule has 49 heavy (non-hydrogen) atoms. The molecule has 0 spiro atoms. The molecule has 0 saturated carbocycles. The fourth-order valence-electron chi connectivity index (χ4n) is 6.38. The van der Waals surface area contributed by atoms with E-state index in [4.69, 9.17) is 20.4 Å². The Labute approximate surface area is 305 Å². The minimum atomic E-state index is -4.39. The Morgan fingerprint density at radius 2 is 0.449 bits per heavy atom. The second kappa shape index (κ2) is 36.5. The van der Waals surface area contributed by atoms with Gasteiger partial charge in [0.15, 0.2) is 0 Å². The topological polar surface area (TPSA) is 142 Å². The van der Waals surface area contributed by atoms with E-state index in [1.165, 1.54) is 167 Å². The SMILES string of the molecule is CCCCCCCCCCCCCCCCCCP(O)(O)(O)CCCCCCCCCCCCCCCCCC.OCC(CO)(CO)CO. The van der Waals surface area contributed by atoms with Gasteiger partial charge in [0.2, 0.25) is 0 Å². The summed E-state index contributed by atoms with van der Waals surface area (Å²) in [4.78, 5) is 31.4. The van der Waals surface area contributed by atoms with Gasteiger partial charge in [0, 0.05) is 0 Å². The molecule has 0 unspecified atom stereocenters. The van der Waals surface area contributed by atoms with E-state index in [0.29, 0.717) is 0 Å². The van der Waals surface area contributed by atoms with Gasteiger partial charge < -0.3 is 20.4 Å². The van der Waals surface area contributed by atoms with E-state index < -0.39 is 39.1 Å². The van der Waals surface area contributed by atoms with Gasteiger partial charge in [-0.1, -0.05) is 78.1 Å². The molecule has 0 radical (unpaired) electrons. The first-order valence-electron chi connectivity index (χ1n) is 21.3. The minimum absolute atomic E-state index is 0.211. The van der Waals surface area contributed by atoms with Crippen molar-refractivity contribution in [3.05, 3.63) is 0 Å². The molecule has 0 aliphatic rings. The molecule has 0 aromatic heterocycles. The summed E-state index contributed by atoms with van der Waals surface area (Å²) < 4.78 is 0. The average Bonchev–Trinajstić information content (AvgIpc) is 3.09. The van der Waals surface area contributed by atoms with Crippen LogP contribution >= 0.6 is 7.28 Å². The summed E-state index contributed by atoms with van der Waals surface area (Å²) in [5.74, 6) is 0. The molecular weight excluding hydrogens is 635 g/mol. The molecule has 0 saturated heterocycles. The molecule has 0 bridgehead atoms. The fourth-order valence-corrected chi connectivity index (χ4v) is 8.35. The number of hydrogen-bond acceptors (Lipinski definition) is 7. The van der Waals surface area contributed by atoms with Crippen molar-refractivity contribution in [1.29, 1.82) is 0 Å². The third-order valence-corrected chi connectivity index (χ3v) is 12.7. The van der Waals surface area contributed by atoms with Crippen LogP contribution in [0.5, 0.6) is 0 Å². The summed E-state index contributed by atoms with van der Waals surface area (Å²) in [5.41, 5.74) is -1.11. The summed E-state index contributed by atoms with van der Waals surface area (Å²) in [6.45, 7) is 2.94. The Morgan fingerprint density at radius 1 is 0.286 bits per heavy atom. The van der Waals surface area contributed by atoms with Crippen molar-refractivity contribution in [1.82, 2.24) is 0 Å². The molecule has 0 aromatic rings. The van der Waals surface area contributed by atoms with Crippen LogP contribution in [-0.2, 0) is 0 Å². The molecule has 8 heteroatoms. The maximum absolute atomic E-state index is 10.5. The van der Waals surface area contributed by atoms with Gasteiger partial charge in [0.1, 0.15) is 0 Å². The predicted molar refractivity (Wildman–Crippen MR) is 213 cm³/mol. The number of aliphatic hydroxyl groups excluding tert-OH is 4. The van der Waals surface area contributed by atoms with Crippen LogP contribution < -0.4 is 0 Å². The van der Waals surface area contributed by atoms with E-state index in [1.54, 1.807) is 0 Å². The van der Waals surface area contributed by atoms with Gasteiger partial charge in [-0.05, 0) is 0 Å². The zero-order valence-electron chi connectivity index (χ0n) is 32.9. The Kier molecular flexibility index (Phi) is 38.2. The molecule has 7 nitrogen and oxygen atoms in total. The number of aliphatic hydroxyl groups is 4. The van der Waals surface area contributed by atoms with Crippen LogP contribution in [0.2, 0.25) is 0 Å². The van der Waals surface area contributed by atoms with E-state index in [-0.39, 0.29) is 12.3 Å². The first-order valence-corrected chi connectivity index (χ1v) is 23.8. The van der Waals surface area contributed by atoms with E-state index in [2.05, 4.69) is 13.8 Å². The summed E-state index contributed by atoms with van der Waals surface area (Å²) in [6, 6.07) is 0. The van der Waals surface area contributed by atoms with Crippen molar-refractivity contribution in [3.8, 4) is 0 Å². The Bertz CT molecular complexity index is 580. The molecule has 0 aliphatic heterocycles. The number of hydrogen-bond donors (Lipinski definition) is 7. The molecular formula is C41H89O7P. The first-order chi connectivity index (χ1) is 23.6. The van der Waals surface area contributed by atoms with Crippen LogP contribution in [0, 0.1) is 5.41 Å². The third-order valence-electron chi connectivity index (χ3n) is 10.3.